The van der Waals surface area contributed by atoms with Crippen LogP contribution in [0.1, 0.15) is 16.9 Å². The zero-order chi connectivity index (χ0) is 15.5. The van der Waals surface area contributed by atoms with E-state index in [1.165, 1.54) is 6.20 Å². The number of benzene rings is 1. The molecule has 3 rings (SSSR count). The van der Waals surface area contributed by atoms with Gasteiger partial charge in [-0.3, -0.25) is 0 Å². The van der Waals surface area contributed by atoms with E-state index in [2.05, 4.69) is 31.0 Å². The largest absolute Gasteiger partial charge is 0.360 e. The third-order valence-electron chi connectivity index (χ3n) is 3.16. The molecule has 0 unspecified atom stereocenters. The Hall–Kier alpha value is -2.96. The van der Waals surface area contributed by atoms with E-state index >= 15 is 0 Å². The summed E-state index contributed by atoms with van der Waals surface area (Å²) in [6.07, 6.45) is 1.53. The Balaban J connectivity index is 1.82. The second-order valence-corrected chi connectivity index (χ2v) is 5.00. The molecule has 0 bridgehead atoms. The molecular weight excluding hydrogens is 280 g/mol. The maximum Gasteiger partial charge on any atom is 0.249 e. The Morgan fingerprint density at radius 2 is 1.77 bits per heavy atom. The number of nitrogens with one attached hydrogen (secondary N) is 2. The van der Waals surface area contributed by atoms with Crippen molar-refractivity contribution in [1.29, 1.82) is 0 Å². The normalized spacial score (nSPS) is 10.5. The van der Waals surface area contributed by atoms with Crippen LogP contribution in [0.25, 0.3) is 0 Å². The zero-order valence-corrected chi connectivity index (χ0v) is 12.6. The quantitative estimate of drug-likeness (QED) is 0.763. The molecule has 0 aliphatic heterocycles. The van der Waals surface area contributed by atoms with Crippen LogP contribution in [0, 0.1) is 20.8 Å². The highest BCUT2D eigenvalue weighted by atomic mass is 16.5. The summed E-state index contributed by atoms with van der Waals surface area (Å²) in [5.41, 5.74) is 3.22. The van der Waals surface area contributed by atoms with Crippen molar-refractivity contribution in [2.24, 2.45) is 0 Å². The lowest BCUT2D eigenvalue weighted by molar-refractivity contribution is 0.400. The summed E-state index contributed by atoms with van der Waals surface area (Å²) in [6, 6.07) is 7.85. The first-order valence-corrected chi connectivity index (χ1v) is 6.85. The SMILES string of the molecule is Cc1cc(Nc2cnnc(Nc3c(C)cccc3C)n2)no1. The van der Waals surface area contributed by atoms with Gasteiger partial charge in [0.15, 0.2) is 11.6 Å². The summed E-state index contributed by atoms with van der Waals surface area (Å²) in [7, 11) is 0. The lowest BCUT2D eigenvalue weighted by atomic mass is 10.1. The Morgan fingerprint density at radius 3 is 2.45 bits per heavy atom. The van der Waals surface area contributed by atoms with Crippen molar-refractivity contribution in [3.63, 3.8) is 0 Å². The van der Waals surface area contributed by atoms with E-state index in [9.17, 15) is 0 Å². The average Bonchev–Trinajstić information content (AvgIpc) is 2.89. The molecule has 0 radical (unpaired) electrons. The van der Waals surface area contributed by atoms with Crippen LogP contribution in [0.3, 0.4) is 0 Å². The molecule has 2 heterocycles. The summed E-state index contributed by atoms with van der Waals surface area (Å²) >= 11 is 0. The maximum absolute atomic E-state index is 5.00. The molecule has 22 heavy (non-hydrogen) atoms. The molecule has 7 heteroatoms. The molecular formula is C15H16N6O. The molecule has 0 amide bonds. The molecule has 3 aromatic rings. The first kappa shape index (κ1) is 14.0. The first-order valence-electron chi connectivity index (χ1n) is 6.85. The second kappa shape index (κ2) is 5.80. The molecule has 0 spiro atoms. The van der Waals surface area contributed by atoms with Crippen LogP contribution in [-0.2, 0) is 0 Å². The van der Waals surface area contributed by atoms with Gasteiger partial charge in [0.25, 0.3) is 0 Å². The van der Waals surface area contributed by atoms with E-state index in [0.29, 0.717) is 17.6 Å². The Morgan fingerprint density at radius 1 is 1.00 bits per heavy atom. The van der Waals surface area contributed by atoms with Gasteiger partial charge in [0.05, 0.1) is 6.20 Å². The van der Waals surface area contributed by atoms with E-state index in [0.717, 1.165) is 22.6 Å². The van der Waals surface area contributed by atoms with Crippen LogP contribution < -0.4 is 10.6 Å². The summed E-state index contributed by atoms with van der Waals surface area (Å²) in [4.78, 5) is 4.38. The van der Waals surface area contributed by atoms with E-state index in [4.69, 9.17) is 4.52 Å². The van der Waals surface area contributed by atoms with Crippen molar-refractivity contribution in [1.82, 2.24) is 20.3 Å². The molecule has 0 aliphatic rings. The molecule has 0 atom stereocenters. The van der Waals surface area contributed by atoms with E-state index < -0.39 is 0 Å². The number of hydrogen-bond acceptors (Lipinski definition) is 7. The predicted molar refractivity (Wildman–Crippen MR) is 83.5 cm³/mol. The molecule has 2 N–H and O–H groups in total. The van der Waals surface area contributed by atoms with Crippen LogP contribution in [0.2, 0.25) is 0 Å². The topological polar surface area (TPSA) is 88.8 Å². The van der Waals surface area contributed by atoms with E-state index in [1.54, 1.807) is 6.07 Å². The number of para-hydroxylation sites is 1. The summed E-state index contributed by atoms with van der Waals surface area (Å²) < 4.78 is 5.00. The number of nitrogens with zero attached hydrogens (tertiary/aromatic N) is 4. The van der Waals surface area contributed by atoms with Gasteiger partial charge in [0.2, 0.25) is 5.95 Å². The summed E-state index contributed by atoms with van der Waals surface area (Å²) in [6.45, 7) is 5.89. The van der Waals surface area contributed by atoms with Gasteiger partial charge < -0.3 is 15.2 Å². The zero-order valence-electron chi connectivity index (χ0n) is 12.6. The smallest absolute Gasteiger partial charge is 0.249 e. The second-order valence-electron chi connectivity index (χ2n) is 5.00. The minimum atomic E-state index is 0.419. The first-order chi connectivity index (χ1) is 10.6. The fourth-order valence-corrected chi connectivity index (χ4v) is 2.10. The third-order valence-corrected chi connectivity index (χ3v) is 3.16. The van der Waals surface area contributed by atoms with E-state index in [-0.39, 0.29) is 0 Å². The van der Waals surface area contributed by atoms with Crippen molar-refractivity contribution >= 4 is 23.3 Å². The lowest BCUT2D eigenvalue weighted by Gasteiger charge is -2.11. The molecule has 112 valence electrons. The highest BCUT2D eigenvalue weighted by Gasteiger charge is 2.07. The number of aromatic nitrogens is 4. The maximum atomic E-state index is 5.00. The number of anilines is 4. The van der Waals surface area contributed by atoms with Crippen LogP contribution in [-0.4, -0.2) is 20.3 Å². The fraction of sp³-hybridized carbons (Fsp3) is 0.200. The fourth-order valence-electron chi connectivity index (χ4n) is 2.10. The summed E-state index contributed by atoms with van der Waals surface area (Å²) in [5, 5.41) is 18.0. The number of hydrogen-bond donors (Lipinski definition) is 2. The molecule has 1 aromatic carbocycles. The van der Waals surface area contributed by atoms with Gasteiger partial charge in [-0.05, 0) is 31.9 Å². The highest BCUT2D eigenvalue weighted by molar-refractivity contribution is 5.63. The molecule has 0 fully saturated rings. The van der Waals surface area contributed by atoms with Crippen LogP contribution in [0.4, 0.5) is 23.3 Å². The molecule has 2 aromatic heterocycles. The Kier molecular flexibility index (Phi) is 3.69. The number of rotatable bonds is 4. The van der Waals surface area contributed by atoms with Gasteiger partial charge in [-0.25, -0.2) is 0 Å². The van der Waals surface area contributed by atoms with Gasteiger partial charge in [0.1, 0.15) is 5.76 Å². The standard InChI is InChI=1S/C15H16N6O/c1-9-5-4-6-10(2)14(9)19-15-18-13(8-16-20-15)17-12-7-11(3)22-21-12/h4-8H,1-3H3,(H2,17,18,19,20,21). The summed E-state index contributed by atoms with van der Waals surface area (Å²) in [5.74, 6) is 2.26. The number of aryl methyl sites for hydroxylation is 3. The molecule has 0 saturated heterocycles. The van der Waals surface area contributed by atoms with Crippen LogP contribution >= 0.6 is 0 Å². The minimum absolute atomic E-state index is 0.419. The van der Waals surface area contributed by atoms with E-state index in [1.807, 2.05) is 39.0 Å². The van der Waals surface area contributed by atoms with Gasteiger partial charge in [0, 0.05) is 11.8 Å². The van der Waals surface area contributed by atoms with Crippen molar-refractivity contribution in [2.45, 2.75) is 20.8 Å². The van der Waals surface area contributed by atoms with Gasteiger partial charge in [-0.1, -0.05) is 23.4 Å². The predicted octanol–water partition coefficient (Wildman–Crippen LogP) is 3.27. The minimum Gasteiger partial charge on any atom is -0.360 e. The van der Waals surface area contributed by atoms with Crippen molar-refractivity contribution < 1.29 is 4.52 Å². The van der Waals surface area contributed by atoms with Crippen LogP contribution in [0.15, 0.2) is 35.0 Å². The average molecular weight is 296 g/mol. The highest BCUT2D eigenvalue weighted by Crippen LogP contribution is 2.23. The van der Waals surface area contributed by atoms with Crippen molar-refractivity contribution in [3.05, 3.63) is 47.3 Å². The lowest BCUT2D eigenvalue weighted by Crippen LogP contribution is -2.04. The molecule has 7 nitrogen and oxygen atoms in total. The Labute approximate surface area is 127 Å². The van der Waals surface area contributed by atoms with Gasteiger partial charge >= 0.3 is 0 Å². The monoisotopic (exact) mass is 296 g/mol. The molecule has 0 aliphatic carbocycles. The van der Waals surface area contributed by atoms with Crippen molar-refractivity contribution in [3.8, 4) is 0 Å². The van der Waals surface area contributed by atoms with Gasteiger partial charge in [-0.15, -0.1) is 5.10 Å². The van der Waals surface area contributed by atoms with Crippen molar-refractivity contribution in [2.75, 3.05) is 10.6 Å². The molecule has 0 saturated carbocycles. The Bertz CT molecular complexity index is 778. The third kappa shape index (κ3) is 3.03. The van der Waals surface area contributed by atoms with Gasteiger partial charge in [-0.2, -0.15) is 10.1 Å². The van der Waals surface area contributed by atoms with Crippen LogP contribution in [0.5, 0.6) is 0 Å².